The summed E-state index contributed by atoms with van der Waals surface area (Å²) < 4.78 is 0. The zero-order valence-corrected chi connectivity index (χ0v) is 10.9. The fraction of sp³-hybridized carbons (Fsp3) is 0.500. The van der Waals surface area contributed by atoms with Crippen LogP contribution in [0.3, 0.4) is 0 Å². The summed E-state index contributed by atoms with van der Waals surface area (Å²) in [6.45, 7) is 4.23. The largest absolute Gasteiger partial charge is 0.324 e. The summed E-state index contributed by atoms with van der Waals surface area (Å²) in [4.78, 5) is 10.4. The van der Waals surface area contributed by atoms with Crippen molar-refractivity contribution in [2.24, 2.45) is 11.7 Å². The standard InChI is InChI=1S/C12H18N2O2.ClH/c1-9(2)7-8-11(13)10-5-3-4-6-12(10)14(15)16;/h3-6,9,11H,7-8,13H2,1-2H3;1H/t11-;/m1./s1. The maximum absolute atomic E-state index is 10.8. The zero-order valence-electron chi connectivity index (χ0n) is 10.1. The van der Waals surface area contributed by atoms with E-state index in [4.69, 9.17) is 5.73 Å². The normalized spacial score (nSPS) is 12.0. The quantitative estimate of drug-likeness (QED) is 0.650. The van der Waals surface area contributed by atoms with Crippen molar-refractivity contribution in [1.29, 1.82) is 0 Å². The van der Waals surface area contributed by atoms with E-state index in [9.17, 15) is 10.1 Å². The molecule has 0 saturated carbocycles. The van der Waals surface area contributed by atoms with Crippen LogP contribution >= 0.6 is 12.4 Å². The van der Waals surface area contributed by atoms with Gasteiger partial charge in [-0.05, 0) is 18.8 Å². The van der Waals surface area contributed by atoms with E-state index in [0.717, 1.165) is 12.8 Å². The minimum absolute atomic E-state index is 0. The molecular weight excluding hydrogens is 240 g/mol. The van der Waals surface area contributed by atoms with Crippen molar-refractivity contribution in [3.8, 4) is 0 Å². The van der Waals surface area contributed by atoms with Crippen molar-refractivity contribution in [3.05, 3.63) is 39.9 Å². The number of halogens is 1. The van der Waals surface area contributed by atoms with Crippen LogP contribution in [-0.4, -0.2) is 4.92 Å². The highest BCUT2D eigenvalue weighted by molar-refractivity contribution is 5.85. The highest BCUT2D eigenvalue weighted by Gasteiger charge is 2.18. The van der Waals surface area contributed by atoms with Crippen molar-refractivity contribution in [2.75, 3.05) is 0 Å². The lowest BCUT2D eigenvalue weighted by atomic mass is 9.97. The average molecular weight is 259 g/mol. The molecule has 0 fully saturated rings. The Kier molecular flexibility index (Phi) is 6.76. The number of nitrogens with two attached hydrogens (primary N) is 1. The van der Waals surface area contributed by atoms with Crippen LogP contribution in [0.15, 0.2) is 24.3 Å². The molecule has 0 aliphatic rings. The molecule has 5 heteroatoms. The molecule has 0 radical (unpaired) electrons. The molecule has 1 aromatic carbocycles. The van der Waals surface area contributed by atoms with E-state index in [1.165, 1.54) is 6.07 Å². The Morgan fingerprint density at radius 2 is 1.88 bits per heavy atom. The van der Waals surface area contributed by atoms with Gasteiger partial charge in [0.15, 0.2) is 0 Å². The lowest BCUT2D eigenvalue weighted by molar-refractivity contribution is -0.385. The van der Waals surface area contributed by atoms with Gasteiger partial charge in [0.25, 0.3) is 5.69 Å². The number of hydrogen-bond donors (Lipinski definition) is 1. The Morgan fingerprint density at radius 3 is 2.41 bits per heavy atom. The fourth-order valence-corrected chi connectivity index (χ4v) is 1.64. The predicted octanol–water partition coefficient (Wildman–Crippen LogP) is 3.45. The van der Waals surface area contributed by atoms with E-state index in [2.05, 4.69) is 13.8 Å². The molecule has 0 bridgehead atoms. The van der Waals surface area contributed by atoms with Gasteiger partial charge in [0.1, 0.15) is 0 Å². The van der Waals surface area contributed by atoms with Crippen molar-refractivity contribution < 1.29 is 4.92 Å². The smallest absolute Gasteiger partial charge is 0.274 e. The van der Waals surface area contributed by atoms with Gasteiger partial charge in [-0.2, -0.15) is 0 Å². The number of hydrogen-bond acceptors (Lipinski definition) is 3. The molecule has 0 amide bonds. The van der Waals surface area contributed by atoms with Crippen LogP contribution in [0, 0.1) is 16.0 Å². The summed E-state index contributed by atoms with van der Waals surface area (Å²) in [5.74, 6) is 0.564. The fourth-order valence-electron chi connectivity index (χ4n) is 1.64. The summed E-state index contributed by atoms with van der Waals surface area (Å²) in [6, 6.07) is 6.45. The number of nitro benzene ring substituents is 1. The van der Waals surface area contributed by atoms with Gasteiger partial charge in [0.2, 0.25) is 0 Å². The van der Waals surface area contributed by atoms with Gasteiger partial charge >= 0.3 is 0 Å². The summed E-state index contributed by atoms with van der Waals surface area (Å²) in [5, 5.41) is 10.8. The molecular formula is C12H19ClN2O2. The molecule has 0 unspecified atom stereocenters. The molecule has 0 heterocycles. The molecule has 1 aromatic rings. The van der Waals surface area contributed by atoms with Gasteiger partial charge in [-0.3, -0.25) is 10.1 Å². The molecule has 4 nitrogen and oxygen atoms in total. The van der Waals surface area contributed by atoms with Gasteiger partial charge in [0, 0.05) is 17.7 Å². The topological polar surface area (TPSA) is 69.2 Å². The Morgan fingerprint density at radius 1 is 1.29 bits per heavy atom. The second-order valence-electron chi connectivity index (χ2n) is 4.39. The predicted molar refractivity (Wildman–Crippen MR) is 71.3 cm³/mol. The first kappa shape index (κ1) is 15.9. The molecule has 96 valence electrons. The third kappa shape index (κ3) is 4.71. The maximum atomic E-state index is 10.8. The van der Waals surface area contributed by atoms with Gasteiger partial charge in [-0.15, -0.1) is 12.4 Å². The molecule has 17 heavy (non-hydrogen) atoms. The third-order valence-corrected chi connectivity index (χ3v) is 2.59. The molecule has 1 atom stereocenters. The Labute approximate surface area is 108 Å². The van der Waals surface area contributed by atoms with E-state index in [1.807, 2.05) is 0 Å². The monoisotopic (exact) mass is 258 g/mol. The van der Waals surface area contributed by atoms with Crippen LogP contribution in [0.25, 0.3) is 0 Å². The first-order valence-electron chi connectivity index (χ1n) is 5.51. The number of para-hydroxylation sites is 1. The second-order valence-corrected chi connectivity index (χ2v) is 4.39. The van der Waals surface area contributed by atoms with Crippen LogP contribution in [0.5, 0.6) is 0 Å². The molecule has 2 N–H and O–H groups in total. The summed E-state index contributed by atoms with van der Waals surface area (Å²) >= 11 is 0. The van der Waals surface area contributed by atoms with E-state index in [0.29, 0.717) is 11.5 Å². The Balaban J connectivity index is 0.00000256. The minimum atomic E-state index is -0.370. The summed E-state index contributed by atoms with van der Waals surface area (Å²) in [7, 11) is 0. The van der Waals surface area contributed by atoms with Crippen molar-refractivity contribution >= 4 is 18.1 Å². The second kappa shape index (κ2) is 7.25. The highest BCUT2D eigenvalue weighted by Crippen LogP contribution is 2.26. The molecule has 0 saturated heterocycles. The number of nitro groups is 1. The molecule has 1 rings (SSSR count). The van der Waals surface area contributed by atoms with Gasteiger partial charge in [-0.1, -0.05) is 32.0 Å². The number of benzene rings is 1. The Hall–Kier alpha value is -1.13. The highest BCUT2D eigenvalue weighted by atomic mass is 35.5. The van der Waals surface area contributed by atoms with Crippen LogP contribution in [0.2, 0.25) is 0 Å². The van der Waals surface area contributed by atoms with Crippen LogP contribution in [0.1, 0.15) is 38.3 Å². The van der Waals surface area contributed by atoms with Gasteiger partial charge < -0.3 is 5.73 Å². The molecule has 0 aliphatic carbocycles. The van der Waals surface area contributed by atoms with E-state index >= 15 is 0 Å². The molecule has 0 aliphatic heterocycles. The lowest BCUT2D eigenvalue weighted by Gasteiger charge is -2.13. The number of rotatable bonds is 5. The van der Waals surface area contributed by atoms with E-state index < -0.39 is 0 Å². The van der Waals surface area contributed by atoms with Crippen LogP contribution < -0.4 is 5.73 Å². The zero-order chi connectivity index (χ0) is 12.1. The first-order chi connectivity index (χ1) is 7.52. The summed E-state index contributed by atoms with van der Waals surface area (Å²) in [5.41, 5.74) is 6.73. The van der Waals surface area contributed by atoms with Gasteiger partial charge in [-0.25, -0.2) is 0 Å². The average Bonchev–Trinajstić information content (AvgIpc) is 2.25. The Bertz CT molecular complexity index is 369. The third-order valence-electron chi connectivity index (χ3n) is 2.59. The van der Waals surface area contributed by atoms with E-state index in [1.54, 1.807) is 18.2 Å². The first-order valence-corrected chi connectivity index (χ1v) is 5.51. The molecule has 0 aromatic heterocycles. The minimum Gasteiger partial charge on any atom is -0.324 e. The maximum Gasteiger partial charge on any atom is 0.274 e. The van der Waals surface area contributed by atoms with Crippen LogP contribution in [0.4, 0.5) is 5.69 Å². The van der Waals surface area contributed by atoms with Crippen LogP contribution in [-0.2, 0) is 0 Å². The summed E-state index contributed by atoms with van der Waals surface area (Å²) in [6.07, 6.45) is 1.76. The van der Waals surface area contributed by atoms with Crippen molar-refractivity contribution in [3.63, 3.8) is 0 Å². The SMILES string of the molecule is CC(C)CC[C@@H](N)c1ccccc1[N+](=O)[O-].Cl. The lowest BCUT2D eigenvalue weighted by Crippen LogP contribution is -2.13. The number of nitrogens with zero attached hydrogens (tertiary/aromatic N) is 1. The van der Waals surface area contributed by atoms with E-state index in [-0.39, 0.29) is 29.1 Å². The van der Waals surface area contributed by atoms with Gasteiger partial charge in [0.05, 0.1) is 4.92 Å². The van der Waals surface area contributed by atoms with Crippen molar-refractivity contribution in [1.82, 2.24) is 0 Å². The van der Waals surface area contributed by atoms with Crippen molar-refractivity contribution in [2.45, 2.75) is 32.7 Å². The molecule has 0 spiro atoms.